The van der Waals surface area contributed by atoms with Crippen LogP contribution >= 0.6 is 0 Å². The van der Waals surface area contributed by atoms with Gasteiger partial charge < -0.3 is 26.0 Å². The van der Waals surface area contributed by atoms with Crippen LogP contribution in [0.2, 0.25) is 0 Å². The Hall–Kier alpha value is -3.29. The summed E-state index contributed by atoms with van der Waals surface area (Å²) in [6, 6.07) is 4.40. The van der Waals surface area contributed by atoms with Gasteiger partial charge in [-0.2, -0.15) is 4.79 Å². The van der Waals surface area contributed by atoms with Crippen LogP contribution in [-0.2, 0) is 20.8 Å². The van der Waals surface area contributed by atoms with Crippen LogP contribution in [0.1, 0.15) is 24.0 Å². The van der Waals surface area contributed by atoms with Crippen molar-refractivity contribution < 1.29 is 29.4 Å². The number of carboxylic acid groups (broad SMARTS) is 1. The number of aryl methyl sites for hydroxylation is 1. The molecule has 0 radical (unpaired) electrons. The van der Waals surface area contributed by atoms with Crippen LogP contribution in [0.15, 0.2) is 24.4 Å². The number of aliphatic carboxylic acids is 1. The van der Waals surface area contributed by atoms with Crippen LogP contribution < -0.4 is 5.32 Å². The summed E-state index contributed by atoms with van der Waals surface area (Å²) in [5, 5.41) is 22.4. The Bertz CT molecular complexity index is 914. The predicted molar refractivity (Wildman–Crippen MR) is 96.2 cm³/mol. The van der Waals surface area contributed by atoms with Crippen LogP contribution in [-0.4, -0.2) is 56.0 Å². The first kappa shape index (κ1) is 20.0. The van der Waals surface area contributed by atoms with Gasteiger partial charge in [-0.25, -0.2) is 4.79 Å². The van der Waals surface area contributed by atoms with Gasteiger partial charge in [0.05, 0.1) is 0 Å². The Morgan fingerprint density at radius 1 is 1.37 bits per heavy atom. The Balaban J connectivity index is 2.00. The summed E-state index contributed by atoms with van der Waals surface area (Å²) in [7, 11) is 0. The molecule has 0 aliphatic heterocycles. The second-order valence-corrected chi connectivity index (χ2v) is 6.23. The van der Waals surface area contributed by atoms with Gasteiger partial charge in [0.2, 0.25) is 11.7 Å². The molecule has 1 aromatic heterocycles. The Labute approximate surface area is 154 Å². The van der Waals surface area contributed by atoms with E-state index in [0.717, 1.165) is 22.0 Å². The van der Waals surface area contributed by atoms with Gasteiger partial charge in [0.25, 0.3) is 0 Å². The molecule has 0 aliphatic rings. The number of rotatable bonds is 9. The lowest BCUT2D eigenvalue weighted by Crippen LogP contribution is -2.46. The number of carbonyl (C=O) groups is 3. The Morgan fingerprint density at radius 3 is 2.78 bits per heavy atom. The van der Waals surface area contributed by atoms with Crippen molar-refractivity contribution >= 4 is 34.8 Å². The Kier molecular flexibility index (Phi) is 6.59. The SMILES string of the molecule is Cc1ccc2c(CC(O)C(=O)NC(CCC(=O)C=[N+]=[N-])C(=O)O)c[nH]c2c1. The molecule has 9 nitrogen and oxygen atoms in total. The molecule has 27 heavy (non-hydrogen) atoms. The zero-order valence-electron chi connectivity index (χ0n) is 14.7. The molecule has 0 bridgehead atoms. The van der Waals surface area contributed by atoms with Crippen molar-refractivity contribution in [1.82, 2.24) is 10.3 Å². The topological polar surface area (TPSA) is 156 Å². The number of aromatic amines is 1. The number of fused-ring (bicyclic) bond motifs is 1. The number of benzene rings is 1. The second kappa shape index (κ2) is 8.88. The summed E-state index contributed by atoms with van der Waals surface area (Å²) in [6.45, 7) is 1.95. The predicted octanol–water partition coefficient (Wildman–Crippen LogP) is 0.599. The number of hydrogen-bond acceptors (Lipinski definition) is 4. The summed E-state index contributed by atoms with van der Waals surface area (Å²) < 4.78 is 0. The maximum Gasteiger partial charge on any atom is 0.326 e. The van der Waals surface area contributed by atoms with E-state index in [2.05, 4.69) is 15.1 Å². The number of amides is 1. The minimum absolute atomic E-state index is 0.0112. The fourth-order valence-electron chi connectivity index (χ4n) is 2.71. The van der Waals surface area contributed by atoms with Gasteiger partial charge in [-0.15, -0.1) is 0 Å². The highest BCUT2D eigenvalue weighted by molar-refractivity contribution is 6.25. The fourth-order valence-corrected chi connectivity index (χ4v) is 2.71. The molecular formula is C18H20N4O5. The number of hydrogen-bond donors (Lipinski definition) is 4. The monoisotopic (exact) mass is 372 g/mol. The first-order valence-electron chi connectivity index (χ1n) is 8.30. The van der Waals surface area contributed by atoms with E-state index in [4.69, 9.17) is 5.53 Å². The maximum absolute atomic E-state index is 12.2. The van der Waals surface area contributed by atoms with Crippen molar-refractivity contribution in [1.29, 1.82) is 0 Å². The van der Waals surface area contributed by atoms with Crippen molar-refractivity contribution in [2.75, 3.05) is 0 Å². The first-order chi connectivity index (χ1) is 12.8. The average Bonchev–Trinajstić information content (AvgIpc) is 3.00. The molecule has 9 heteroatoms. The summed E-state index contributed by atoms with van der Waals surface area (Å²) in [5.74, 6) is -2.74. The molecule has 1 amide bonds. The van der Waals surface area contributed by atoms with Gasteiger partial charge in [-0.1, -0.05) is 12.1 Å². The number of aromatic nitrogens is 1. The number of nitrogens with zero attached hydrogens (tertiary/aromatic N) is 2. The number of carboxylic acids is 1. The van der Waals surface area contributed by atoms with Crippen LogP contribution in [0.3, 0.4) is 0 Å². The highest BCUT2D eigenvalue weighted by Gasteiger charge is 2.25. The summed E-state index contributed by atoms with van der Waals surface area (Å²) in [6.07, 6.45) is 0.514. The molecule has 2 aromatic rings. The van der Waals surface area contributed by atoms with Gasteiger partial charge in [0, 0.05) is 29.9 Å². The van der Waals surface area contributed by atoms with Crippen LogP contribution in [0.5, 0.6) is 0 Å². The van der Waals surface area contributed by atoms with Crippen molar-refractivity contribution in [2.45, 2.75) is 38.3 Å². The molecule has 2 atom stereocenters. The fraction of sp³-hybridized carbons (Fsp3) is 0.333. The maximum atomic E-state index is 12.2. The largest absolute Gasteiger partial charge is 0.480 e. The number of ketones is 1. The van der Waals surface area contributed by atoms with E-state index in [0.29, 0.717) is 6.21 Å². The average molecular weight is 372 g/mol. The molecule has 0 spiro atoms. The van der Waals surface area contributed by atoms with Gasteiger partial charge in [0.1, 0.15) is 12.1 Å². The van der Waals surface area contributed by atoms with E-state index >= 15 is 0 Å². The third-order valence-electron chi connectivity index (χ3n) is 4.13. The lowest BCUT2D eigenvalue weighted by molar-refractivity contribution is -0.143. The molecule has 0 saturated heterocycles. The zero-order chi connectivity index (χ0) is 20.0. The van der Waals surface area contributed by atoms with E-state index < -0.39 is 29.8 Å². The lowest BCUT2D eigenvalue weighted by Gasteiger charge is -2.16. The molecule has 0 aliphatic carbocycles. The molecule has 142 valence electrons. The Morgan fingerprint density at radius 2 is 2.11 bits per heavy atom. The number of aliphatic hydroxyl groups is 1. The van der Waals surface area contributed by atoms with Gasteiger partial charge in [-0.05, 0) is 30.5 Å². The molecule has 2 unspecified atom stereocenters. The number of aliphatic hydroxyl groups excluding tert-OH is 1. The number of nitrogens with one attached hydrogen (secondary N) is 2. The van der Waals surface area contributed by atoms with Crippen LogP contribution in [0, 0.1) is 6.92 Å². The quantitative estimate of drug-likeness (QED) is 0.288. The number of carbonyl (C=O) groups excluding carboxylic acids is 2. The summed E-state index contributed by atoms with van der Waals surface area (Å²) in [4.78, 5) is 40.3. The summed E-state index contributed by atoms with van der Waals surface area (Å²) in [5.41, 5.74) is 10.9. The van der Waals surface area contributed by atoms with Crippen molar-refractivity contribution in [3.05, 3.63) is 41.1 Å². The highest BCUT2D eigenvalue weighted by atomic mass is 16.4. The van der Waals surface area contributed by atoms with E-state index in [1.165, 1.54) is 0 Å². The van der Waals surface area contributed by atoms with Crippen molar-refractivity contribution in [3.63, 3.8) is 0 Å². The van der Waals surface area contributed by atoms with E-state index in [1.807, 2.05) is 25.1 Å². The molecule has 1 aromatic carbocycles. The standard InChI is InChI=1S/C18H20N4O5/c1-10-2-4-13-11(8-20-15(13)6-10)7-16(24)17(25)22-14(18(26)27)5-3-12(23)9-21-19/h2,4,6,8-9,14,16,20,24H,3,5,7H2,1H3,(H,22,25)(H,26,27). The van der Waals surface area contributed by atoms with E-state index in [-0.39, 0.29) is 19.3 Å². The minimum Gasteiger partial charge on any atom is -0.480 e. The molecule has 2 rings (SSSR count). The lowest BCUT2D eigenvalue weighted by atomic mass is 10.0. The van der Waals surface area contributed by atoms with E-state index in [1.54, 1.807) is 6.20 Å². The normalized spacial score (nSPS) is 12.8. The molecule has 4 N–H and O–H groups in total. The van der Waals surface area contributed by atoms with Gasteiger partial charge in [0.15, 0.2) is 0 Å². The van der Waals surface area contributed by atoms with Crippen LogP contribution in [0.25, 0.3) is 16.4 Å². The van der Waals surface area contributed by atoms with Crippen molar-refractivity contribution in [2.24, 2.45) is 0 Å². The molecule has 0 saturated carbocycles. The third-order valence-corrected chi connectivity index (χ3v) is 4.13. The van der Waals surface area contributed by atoms with Gasteiger partial charge >= 0.3 is 12.2 Å². The first-order valence-corrected chi connectivity index (χ1v) is 8.30. The zero-order valence-corrected chi connectivity index (χ0v) is 14.7. The number of H-pyrrole nitrogens is 1. The van der Waals surface area contributed by atoms with Crippen LogP contribution in [0.4, 0.5) is 0 Å². The molecular weight excluding hydrogens is 352 g/mol. The van der Waals surface area contributed by atoms with E-state index in [9.17, 15) is 24.6 Å². The summed E-state index contributed by atoms with van der Waals surface area (Å²) >= 11 is 0. The number of Topliss-reactive ketones (excluding diaryl/α,β-unsaturated/α-hetero) is 1. The minimum atomic E-state index is -1.44. The van der Waals surface area contributed by atoms with Gasteiger partial charge in [-0.3, -0.25) is 9.59 Å². The highest BCUT2D eigenvalue weighted by Crippen LogP contribution is 2.20. The second-order valence-electron chi connectivity index (χ2n) is 6.23. The molecule has 0 fully saturated rings. The smallest absolute Gasteiger partial charge is 0.326 e. The van der Waals surface area contributed by atoms with Crippen molar-refractivity contribution in [3.8, 4) is 0 Å². The molecule has 1 heterocycles. The third kappa shape index (κ3) is 5.34.